The van der Waals surface area contributed by atoms with Crippen molar-refractivity contribution < 1.29 is 4.42 Å². The first-order valence-electron chi connectivity index (χ1n) is 9.38. The fourth-order valence-corrected chi connectivity index (χ4v) is 3.99. The summed E-state index contributed by atoms with van der Waals surface area (Å²) in [6.45, 7) is 0. The van der Waals surface area contributed by atoms with Gasteiger partial charge in [0.05, 0.1) is 5.56 Å². The van der Waals surface area contributed by atoms with Gasteiger partial charge in [-0.2, -0.15) is 0 Å². The molecule has 0 saturated carbocycles. The molecule has 28 heavy (non-hydrogen) atoms. The van der Waals surface area contributed by atoms with Gasteiger partial charge in [0, 0.05) is 29.0 Å². The van der Waals surface area contributed by atoms with Crippen molar-refractivity contribution in [1.82, 2.24) is 4.58 Å². The zero-order valence-electron chi connectivity index (χ0n) is 15.1. The highest BCUT2D eigenvalue weighted by molar-refractivity contribution is 6.11. The van der Waals surface area contributed by atoms with Crippen LogP contribution in [0.3, 0.4) is 0 Å². The fraction of sp³-hybridized carbons (Fsp3) is 0. The first-order valence-corrected chi connectivity index (χ1v) is 9.38. The fourth-order valence-electron chi connectivity index (χ4n) is 3.99. The molecular weight excluding hydrogens is 342 g/mol. The molecule has 5 aromatic rings. The van der Waals surface area contributed by atoms with Crippen molar-refractivity contribution in [1.29, 1.82) is 0 Å². The van der Waals surface area contributed by atoms with Gasteiger partial charge in [-0.05, 0) is 35.9 Å². The highest BCUT2D eigenvalue weighted by Gasteiger charge is 2.28. The Labute approximate surface area is 162 Å². The molecule has 0 fully saturated rings. The molecule has 0 atom stereocenters. The summed E-state index contributed by atoms with van der Waals surface area (Å²) >= 11 is 0. The minimum absolute atomic E-state index is 0.914. The predicted molar refractivity (Wildman–Crippen MR) is 116 cm³/mol. The average molecular weight is 358 g/mol. The molecule has 1 aromatic heterocycles. The molecule has 0 N–H and O–H groups in total. The van der Waals surface area contributed by atoms with Crippen LogP contribution in [0.4, 0.5) is 11.4 Å². The summed E-state index contributed by atoms with van der Waals surface area (Å²) in [5.74, 6) is 3.61. The normalized spacial score (nSPS) is 12.9. The van der Waals surface area contributed by atoms with Crippen LogP contribution in [0.2, 0.25) is 0 Å². The van der Waals surface area contributed by atoms with Crippen LogP contribution in [0.25, 0.3) is 27.5 Å². The van der Waals surface area contributed by atoms with E-state index in [-0.39, 0.29) is 0 Å². The third-order valence-electron chi connectivity index (χ3n) is 5.32. The molecule has 1 aliphatic heterocycles. The monoisotopic (exact) mass is 358 g/mol. The second-order valence-corrected chi connectivity index (χ2v) is 6.98. The molecule has 0 amide bonds. The molecule has 0 bridgehead atoms. The van der Waals surface area contributed by atoms with Crippen LogP contribution in [0.1, 0.15) is 11.1 Å². The summed E-state index contributed by atoms with van der Waals surface area (Å²) in [4.78, 5) is 0. The largest absolute Gasteiger partial charge is 0.456 e. The molecule has 2 heterocycles. The summed E-state index contributed by atoms with van der Waals surface area (Å²) in [6.07, 6.45) is 0. The minimum Gasteiger partial charge on any atom is -0.456 e. The number of para-hydroxylation sites is 3. The van der Waals surface area contributed by atoms with Crippen molar-refractivity contribution in [2.45, 2.75) is 0 Å². The first kappa shape index (κ1) is 15.2. The van der Waals surface area contributed by atoms with Crippen molar-refractivity contribution in [3.63, 3.8) is 0 Å². The Balaban J connectivity index is 1.62. The molecular formula is C26H16NO+. The lowest BCUT2D eigenvalue weighted by atomic mass is 9.98. The highest BCUT2D eigenvalue weighted by Crippen LogP contribution is 2.37. The maximum Gasteiger partial charge on any atom is 0.229 e. The Bertz CT molecular complexity index is 1430. The molecule has 2 nitrogen and oxygen atoms in total. The summed E-state index contributed by atoms with van der Waals surface area (Å²) in [5.41, 5.74) is 7.54. The van der Waals surface area contributed by atoms with Gasteiger partial charge in [-0.25, -0.2) is 0 Å². The Morgan fingerprint density at radius 1 is 0.643 bits per heavy atom. The Hall–Kier alpha value is -3.87. The molecule has 0 spiro atoms. The number of hydrogen-bond acceptors (Lipinski definition) is 1. The molecule has 6 rings (SSSR count). The number of furan rings is 1. The third kappa shape index (κ3) is 2.19. The van der Waals surface area contributed by atoms with Crippen molar-refractivity contribution in [2.24, 2.45) is 0 Å². The second-order valence-electron chi connectivity index (χ2n) is 6.98. The van der Waals surface area contributed by atoms with E-state index < -0.39 is 0 Å². The summed E-state index contributed by atoms with van der Waals surface area (Å²) in [6, 6.07) is 33.4. The molecule has 1 aliphatic rings. The highest BCUT2D eigenvalue weighted by atomic mass is 16.3. The van der Waals surface area contributed by atoms with Gasteiger partial charge < -0.3 is 4.42 Å². The van der Waals surface area contributed by atoms with Crippen LogP contribution in [0.15, 0.2) is 101 Å². The number of nitrogens with zero attached hydrogens (tertiary/aromatic N) is 1. The summed E-state index contributed by atoms with van der Waals surface area (Å²) in [7, 11) is 0. The van der Waals surface area contributed by atoms with Crippen molar-refractivity contribution in [3.05, 3.63) is 108 Å². The first-order chi connectivity index (χ1) is 13.9. The smallest absolute Gasteiger partial charge is 0.229 e. The molecule has 0 radical (unpaired) electrons. The van der Waals surface area contributed by atoms with Gasteiger partial charge in [-0.1, -0.05) is 48.5 Å². The molecule has 130 valence electrons. The maximum absolute atomic E-state index is 5.99. The van der Waals surface area contributed by atoms with Gasteiger partial charge in [0.2, 0.25) is 11.4 Å². The predicted octanol–water partition coefficient (Wildman–Crippen LogP) is 6.54. The van der Waals surface area contributed by atoms with Gasteiger partial charge in [0.1, 0.15) is 16.7 Å². The molecule has 0 aliphatic carbocycles. The Morgan fingerprint density at radius 2 is 1.39 bits per heavy atom. The van der Waals surface area contributed by atoms with E-state index in [1.165, 1.54) is 5.56 Å². The molecule has 2 heteroatoms. The van der Waals surface area contributed by atoms with Crippen LogP contribution < -0.4 is 4.58 Å². The zero-order chi connectivity index (χ0) is 18.5. The van der Waals surface area contributed by atoms with Gasteiger partial charge in [-0.3, -0.25) is 0 Å². The Morgan fingerprint density at radius 3 is 2.32 bits per heavy atom. The number of benzene rings is 4. The van der Waals surface area contributed by atoms with E-state index in [9.17, 15) is 0 Å². The molecule has 0 unspecified atom stereocenters. The number of fused-ring (bicyclic) bond motifs is 4. The average Bonchev–Trinajstić information content (AvgIpc) is 3.33. The lowest BCUT2D eigenvalue weighted by Gasteiger charge is -2.02. The zero-order valence-corrected chi connectivity index (χ0v) is 15.1. The third-order valence-corrected chi connectivity index (χ3v) is 5.32. The summed E-state index contributed by atoms with van der Waals surface area (Å²) < 4.78 is 8.13. The topological polar surface area (TPSA) is 16.1 Å². The van der Waals surface area contributed by atoms with Gasteiger partial charge in [0.25, 0.3) is 0 Å². The Kier molecular flexibility index (Phi) is 3.16. The standard InChI is InChI=1S/C26H16NO/c1-2-8-19(9-3-1)27-17-23(20-10-4-6-12-24(20)27)18-14-15-26-22(16-18)21-11-5-7-13-25(21)28-26/h1-16H/q+1. The molecule has 4 aromatic carbocycles. The van der Waals surface area contributed by atoms with E-state index in [4.69, 9.17) is 4.42 Å². The van der Waals surface area contributed by atoms with Crippen LogP contribution in [-0.4, -0.2) is 5.87 Å². The van der Waals surface area contributed by atoms with E-state index in [0.717, 1.165) is 44.4 Å². The minimum atomic E-state index is 0.914. The van der Waals surface area contributed by atoms with Crippen molar-refractivity contribution in [2.75, 3.05) is 0 Å². The van der Waals surface area contributed by atoms with Crippen LogP contribution in [0, 0.1) is 0 Å². The maximum atomic E-state index is 5.99. The van der Waals surface area contributed by atoms with Crippen LogP contribution in [0.5, 0.6) is 0 Å². The van der Waals surface area contributed by atoms with E-state index in [1.807, 2.05) is 18.2 Å². The van der Waals surface area contributed by atoms with Gasteiger partial charge in [-0.15, -0.1) is 4.58 Å². The van der Waals surface area contributed by atoms with Crippen molar-refractivity contribution in [3.8, 4) is 0 Å². The van der Waals surface area contributed by atoms with E-state index in [1.54, 1.807) is 0 Å². The van der Waals surface area contributed by atoms with Crippen molar-refractivity contribution >= 4 is 44.8 Å². The van der Waals surface area contributed by atoms with Crippen LogP contribution >= 0.6 is 0 Å². The lowest BCUT2D eigenvalue weighted by Crippen LogP contribution is -1.98. The number of hydrogen-bond donors (Lipinski definition) is 0. The molecule has 0 saturated heterocycles. The van der Waals surface area contributed by atoms with E-state index >= 15 is 0 Å². The van der Waals surface area contributed by atoms with Gasteiger partial charge >= 0.3 is 0 Å². The quantitative estimate of drug-likeness (QED) is 0.321. The van der Waals surface area contributed by atoms with Crippen LogP contribution in [-0.2, 0) is 0 Å². The van der Waals surface area contributed by atoms with E-state index in [0.29, 0.717) is 0 Å². The second kappa shape index (κ2) is 5.82. The summed E-state index contributed by atoms with van der Waals surface area (Å²) in [5, 5.41) is 2.28. The van der Waals surface area contributed by atoms with E-state index in [2.05, 4.69) is 89.3 Å². The SMILES string of the molecule is C1=C(c2ccc3oc4ccccc4c3c2)c2ccccc2[N+]=1c1ccccc1. The number of rotatable bonds is 2. The lowest BCUT2D eigenvalue weighted by molar-refractivity contribution is 0.669. The van der Waals surface area contributed by atoms with Gasteiger partial charge in [0.15, 0.2) is 5.87 Å².